The lowest BCUT2D eigenvalue weighted by atomic mass is 9.96. The molecule has 1 aliphatic heterocycles. The second kappa shape index (κ2) is 8.16. The van der Waals surface area contributed by atoms with Crippen LogP contribution in [0.5, 0.6) is 0 Å². The van der Waals surface area contributed by atoms with Gasteiger partial charge < -0.3 is 15.5 Å². The van der Waals surface area contributed by atoms with Crippen molar-refractivity contribution < 1.29 is 4.79 Å². The zero-order valence-corrected chi connectivity index (χ0v) is 18.6. The summed E-state index contributed by atoms with van der Waals surface area (Å²) in [6, 6.07) is 1.80. The van der Waals surface area contributed by atoms with Gasteiger partial charge in [0.1, 0.15) is 11.9 Å². The van der Waals surface area contributed by atoms with Gasteiger partial charge in [-0.25, -0.2) is 9.97 Å². The van der Waals surface area contributed by atoms with Crippen molar-refractivity contribution in [2.45, 2.75) is 63.3 Å². The highest BCUT2D eigenvalue weighted by molar-refractivity contribution is 7.13. The summed E-state index contributed by atoms with van der Waals surface area (Å²) in [6.07, 6.45) is 10.0. The molecule has 0 bridgehead atoms. The summed E-state index contributed by atoms with van der Waals surface area (Å²) in [5.41, 5.74) is 3.46. The Morgan fingerprint density at radius 1 is 1.16 bits per heavy atom. The lowest BCUT2D eigenvalue weighted by molar-refractivity contribution is -0.117. The predicted octanol–water partition coefficient (Wildman–Crippen LogP) is 3.76. The molecule has 9 nitrogen and oxygen atoms in total. The number of thiazole rings is 1. The molecule has 0 aromatic carbocycles. The summed E-state index contributed by atoms with van der Waals surface area (Å²) in [5, 5.41) is 16.5. The van der Waals surface area contributed by atoms with Crippen LogP contribution in [0.2, 0.25) is 0 Å². The minimum Gasteiger partial charge on any atom is -0.329 e. The van der Waals surface area contributed by atoms with Gasteiger partial charge in [0.25, 0.3) is 0 Å². The lowest BCUT2D eigenvalue weighted by Gasteiger charge is -2.26. The standard InChI is InChI=1S/C22H26N8OS/c31-20(27-22-23-9-11-32-22)17-6-3-10-30(17)21-24-15-5-2-1-4-14(15)19(26-21)25-18-12-16(28-29-18)13-7-8-13/h9,11-13,17H,1-8,10H2,(H,23,27,31)(H2,24,25,26,28,29)/t17-/m1/s1. The van der Waals surface area contributed by atoms with Gasteiger partial charge in [-0.3, -0.25) is 9.89 Å². The van der Waals surface area contributed by atoms with Gasteiger partial charge in [-0.2, -0.15) is 10.1 Å². The van der Waals surface area contributed by atoms with E-state index in [9.17, 15) is 4.79 Å². The molecule has 166 valence electrons. The van der Waals surface area contributed by atoms with E-state index in [0.717, 1.165) is 62.4 Å². The predicted molar refractivity (Wildman–Crippen MR) is 124 cm³/mol. The largest absolute Gasteiger partial charge is 0.329 e. The van der Waals surface area contributed by atoms with Crippen LogP contribution in [-0.4, -0.2) is 43.6 Å². The van der Waals surface area contributed by atoms with Crippen molar-refractivity contribution in [1.82, 2.24) is 25.1 Å². The van der Waals surface area contributed by atoms with Crippen LogP contribution < -0.4 is 15.5 Å². The van der Waals surface area contributed by atoms with E-state index < -0.39 is 0 Å². The highest BCUT2D eigenvalue weighted by Gasteiger charge is 2.34. The number of fused-ring (bicyclic) bond motifs is 1. The first-order valence-corrected chi connectivity index (χ1v) is 12.3. The van der Waals surface area contributed by atoms with Crippen LogP contribution in [0.1, 0.15) is 61.4 Å². The lowest BCUT2D eigenvalue weighted by Crippen LogP contribution is -2.41. The Balaban J connectivity index is 1.29. The smallest absolute Gasteiger partial charge is 0.248 e. The third-order valence-corrected chi connectivity index (χ3v) is 7.20. The Morgan fingerprint density at radius 3 is 2.91 bits per heavy atom. The van der Waals surface area contributed by atoms with E-state index in [0.29, 0.717) is 17.0 Å². The number of H-pyrrole nitrogens is 1. The van der Waals surface area contributed by atoms with Gasteiger partial charge >= 0.3 is 0 Å². The summed E-state index contributed by atoms with van der Waals surface area (Å²) >= 11 is 1.42. The SMILES string of the molecule is O=C(Nc1nccs1)[C@H]1CCCN1c1nc2c(c(Nc3cc(C4CC4)[nH]n3)n1)CCCC2. The molecule has 3 N–H and O–H groups in total. The van der Waals surface area contributed by atoms with Crippen molar-refractivity contribution in [3.63, 3.8) is 0 Å². The number of carbonyl (C=O) groups excluding carboxylic acids is 1. The van der Waals surface area contributed by atoms with E-state index in [2.05, 4.69) is 31.9 Å². The summed E-state index contributed by atoms with van der Waals surface area (Å²) in [4.78, 5) is 29.0. The molecule has 1 saturated carbocycles. The molecule has 4 heterocycles. The molecule has 3 aromatic heterocycles. The van der Waals surface area contributed by atoms with Crippen LogP contribution in [-0.2, 0) is 17.6 Å². The molecule has 2 aliphatic carbocycles. The van der Waals surface area contributed by atoms with Crippen LogP contribution in [0, 0.1) is 0 Å². The maximum absolute atomic E-state index is 13.0. The third kappa shape index (κ3) is 3.83. The fraction of sp³-hybridized carbons (Fsp3) is 0.500. The van der Waals surface area contributed by atoms with E-state index >= 15 is 0 Å². The van der Waals surface area contributed by atoms with Crippen LogP contribution in [0.15, 0.2) is 17.6 Å². The first-order chi connectivity index (χ1) is 15.7. The van der Waals surface area contributed by atoms with Crippen molar-refractivity contribution >= 4 is 40.0 Å². The van der Waals surface area contributed by atoms with Crippen molar-refractivity contribution in [2.24, 2.45) is 0 Å². The summed E-state index contributed by atoms with van der Waals surface area (Å²) in [7, 11) is 0. The Morgan fingerprint density at radius 2 is 2.06 bits per heavy atom. The van der Waals surface area contributed by atoms with E-state index in [-0.39, 0.29) is 11.9 Å². The van der Waals surface area contributed by atoms with Crippen LogP contribution in [0.4, 0.5) is 22.7 Å². The first kappa shape index (κ1) is 19.7. The number of nitrogens with zero attached hydrogens (tertiary/aromatic N) is 5. The zero-order valence-electron chi connectivity index (χ0n) is 17.8. The molecular formula is C22H26N8OS. The third-order valence-electron chi connectivity index (χ3n) is 6.51. The highest BCUT2D eigenvalue weighted by Crippen LogP contribution is 2.40. The molecule has 0 radical (unpaired) electrons. The Kier molecular flexibility index (Phi) is 5.01. The Hall–Kier alpha value is -3.01. The molecule has 2 fully saturated rings. The number of hydrogen-bond acceptors (Lipinski definition) is 8. The molecule has 3 aliphatic rings. The van der Waals surface area contributed by atoms with E-state index in [1.807, 2.05) is 10.3 Å². The van der Waals surface area contributed by atoms with Gasteiger partial charge in [0, 0.05) is 41.4 Å². The number of anilines is 4. The molecule has 1 amide bonds. The molecule has 1 saturated heterocycles. The molecule has 0 unspecified atom stereocenters. The van der Waals surface area contributed by atoms with Crippen molar-refractivity contribution in [3.8, 4) is 0 Å². The van der Waals surface area contributed by atoms with Gasteiger partial charge in [-0.05, 0) is 51.4 Å². The molecule has 32 heavy (non-hydrogen) atoms. The monoisotopic (exact) mass is 450 g/mol. The van der Waals surface area contributed by atoms with Gasteiger partial charge in [-0.15, -0.1) is 11.3 Å². The number of hydrogen-bond donors (Lipinski definition) is 3. The summed E-state index contributed by atoms with van der Waals surface area (Å²) in [5.74, 6) is 2.82. The van der Waals surface area contributed by atoms with Crippen molar-refractivity contribution in [1.29, 1.82) is 0 Å². The van der Waals surface area contributed by atoms with Gasteiger partial charge in [0.2, 0.25) is 11.9 Å². The molecule has 10 heteroatoms. The number of nitrogens with one attached hydrogen (secondary N) is 3. The van der Waals surface area contributed by atoms with Crippen LogP contribution in [0.25, 0.3) is 0 Å². The Labute approximate surface area is 190 Å². The second-order valence-corrected chi connectivity index (χ2v) is 9.68. The molecular weight excluding hydrogens is 424 g/mol. The number of aromatic nitrogens is 5. The topological polar surface area (TPSA) is 112 Å². The summed E-state index contributed by atoms with van der Waals surface area (Å²) < 4.78 is 0. The minimum absolute atomic E-state index is 0.0466. The molecule has 1 atom stereocenters. The zero-order chi connectivity index (χ0) is 21.5. The number of aryl methyl sites for hydroxylation is 1. The fourth-order valence-electron chi connectivity index (χ4n) is 4.69. The average molecular weight is 451 g/mol. The van der Waals surface area contributed by atoms with Crippen molar-refractivity contribution in [2.75, 3.05) is 22.1 Å². The molecule has 3 aromatic rings. The quantitative estimate of drug-likeness (QED) is 0.524. The Bertz CT molecular complexity index is 1120. The van der Waals surface area contributed by atoms with Crippen molar-refractivity contribution in [3.05, 3.63) is 34.6 Å². The van der Waals surface area contributed by atoms with E-state index in [4.69, 9.17) is 9.97 Å². The average Bonchev–Trinajstić information content (AvgIpc) is 3.20. The number of rotatable bonds is 6. The first-order valence-electron chi connectivity index (χ1n) is 11.4. The van der Waals surface area contributed by atoms with Crippen LogP contribution >= 0.6 is 11.3 Å². The maximum Gasteiger partial charge on any atom is 0.248 e. The van der Waals surface area contributed by atoms with E-state index in [1.165, 1.54) is 35.4 Å². The highest BCUT2D eigenvalue weighted by atomic mass is 32.1. The van der Waals surface area contributed by atoms with Gasteiger partial charge in [0.05, 0.1) is 5.69 Å². The number of carbonyl (C=O) groups is 1. The number of aromatic amines is 1. The molecule has 0 spiro atoms. The van der Waals surface area contributed by atoms with E-state index in [1.54, 1.807) is 6.20 Å². The normalized spacial score (nSPS) is 20.2. The summed E-state index contributed by atoms with van der Waals surface area (Å²) in [6.45, 7) is 0.766. The van der Waals surface area contributed by atoms with Gasteiger partial charge in [0.15, 0.2) is 10.9 Å². The molecule has 6 rings (SSSR count). The second-order valence-electron chi connectivity index (χ2n) is 8.79. The maximum atomic E-state index is 13.0. The number of amides is 1. The fourth-order valence-corrected chi connectivity index (χ4v) is 5.22. The van der Waals surface area contributed by atoms with Gasteiger partial charge in [-0.1, -0.05) is 0 Å². The minimum atomic E-state index is -0.291. The van der Waals surface area contributed by atoms with Crippen LogP contribution in [0.3, 0.4) is 0 Å².